The van der Waals surface area contributed by atoms with Crippen LogP contribution in [0.3, 0.4) is 0 Å². The highest BCUT2D eigenvalue weighted by Crippen LogP contribution is 2.59. The molecule has 3 aromatic rings. The van der Waals surface area contributed by atoms with Gasteiger partial charge >= 0.3 is 12.2 Å². The highest BCUT2D eigenvalue weighted by atomic mass is 19.2. The van der Waals surface area contributed by atoms with Crippen molar-refractivity contribution in [3.63, 3.8) is 0 Å². The summed E-state index contributed by atoms with van der Waals surface area (Å²) < 4.78 is 45.2. The Hall–Kier alpha value is -4.21. The average molecular weight is 594 g/mol. The van der Waals surface area contributed by atoms with Crippen LogP contribution in [0, 0.1) is 23.0 Å². The van der Waals surface area contributed by atoms with Gasteiger partial charge in [-0.15, -0.1) is 0 Å². The van der Waals surface area contributed by atoms with E-state index in [4.69, 9.17) is 14.2 Å². The number of hydrogen-bond donors (Lipinski definition) is 1. The molecule has 0 spiro atoms. The number of carbonyl (C=O) groups is 2. The molecule has 1 aromatic heterocycles. The molecule has 2 amide bonds. The van der Waals surface area contributed by atoms with Crippen molar-refractivity contribution in [2.45, 2.75) is 65.4 Å². The number of alkyl carbamates (subject to hydrolysis) is 1. The van der Waals surface area contributed by atoms with E-state index in [9.17, 15) is 18.4 Å². The van der Waals surface area contributed by atoms with E-state index >= 15 is 0 Å². The molecule has 0 bridgehead atoms. The number of benzene rings is 2. The van der Waals surface area contributed by atoms with Crippen LogP contribution in [-0.4, -0.2) is 46.9 Å². The van der Waals surface area contributed by atoms with Crippen molar-refractivity contribution in [2.75, 3.05) is 13.1 Å². The predicted molar refractivity (Wildman–Crippen MR) is 156 cm³/mol. The number of carbonyl (C=O) groups excluding carboxylic acids is 2. The van der Waals surface area contributed by atoms with Gasteiger partial charge in [0.2, 0.25) is 5.88 Å². The molecule has 2 heterocycles. The maximum Gasteiger partial charge on any atom is 0.410 e. The highest BCUT2D eigenvalue weighted by Gasteiger charge is 2.69. The number of halogens is 2. The van der Waals surface area contributed by atoms with E-state index in [1.54, 1.807) is 30.9 Å². The summed E-state index contributed by atoms with van der Waals surface area (Å²) >= 11 is 0. The monoisotopic (exact) mass is 593 g/mol. The number of amides is 2. The van der Waals surface area contributed by atoms with Gasteiger partial charge in [-0.1, -0.05) is 37.3 Å². The first-order valence-corrected chi connectivity index (χ1v) is 14.3. The number of nitrogens with one attached hydrogen (secondary N) is 1. The second-order valence-electron chi connectivity index (χ2n) is 13.0. The number of likely N-dealkylation sites (tertiary alicyclic amines) is 1. The van der Waals surface area contributed by atoms with Crippen LogP contribution in [0.25, 0.3) is 11.3 Å². The molecular formula is C33H37F2N3O5. The van der Waals surface area contributed by atoms with E-state index in [0.29, 0.717) is 29.9 Å². The van der Waals surface area contributed by atoms with Crippen LogP contribution in [0.5, 0.6) is 5.88 Å². The Bertz CT molecular complexity index is 1520. The lowest BCUT2D eigenvalue weighted by Crippen LogP contribution is -2.41. The minimum Gasteiger partial charge on any atom is -0.473 e. The highest BCUT2D eigenvalue weighted by molar-refractivity contribution is 5.70. The van der Waals surface area contributed by atoms with E-state index in [-0.39, 0.29) is 36.0 Å². The van der Waals surface area contributed by atoms with E-state index in [0.717, 1.165) is 17.7 Å². The molecule has 1 aliphatic heterocycles. The molecule has 2 aromatic carbocycles. The van der Waals surface area contributed by atoms with Crippen LogP contribution in [0.15, 0.2) is 60.7 Å². The van der Waals surface area contributed by atoms with Crippen molar-refractivity contribution in [3.8, 4) is 17.1 Å². The van der Waals surface area contributed by atoms with Gasteiger partial charge in [-0.25, -0.2) is 23.4 Å². The first-order valence-electron chi connectivity index (χ1n) is 14.3. The quantitative estimate of drug-likeness (QED) is 0.323. The van der Waals surface area contributed by atoms with E-state index in [1.807, 2.05) is 51.1 Å². The number of hydrogen-bond acceptors (Lipinski definition) is 6. The normalized spacial score (nSPS) is 21.2. The Kier molecular flexibility index (Phi) is 7.83. The Labute approximate surface area is 250 Å². The second-order valence-corrected chi connectivity index (χ2v) is 13.0. The third kappa shape index (κ3) is 6.73. The lowest BCUT2D eigenvalue weighted by atomic mass is 9.93. The molecule has 5 rings (SSSR count). The minimum atomic E-state index is -1.000. The molecule has 0 radical (unpaired) electrons. The second kappa shape index (κ2) is 11.1. The average Bonchev–Trinajstić information content (AvgIpc) is 3.27. The topological polar surface area (TPSA) is 90.0 Å². The SMILES string of the molecule is CC(C)(C)OC(=O)N1C[C@H]2[C@H](Oc3cc(C(C)(C)NC(=O)OCc4ccccc4)cc(-c4ccc(F)c(F)c4)n3)[C@@]2(C)C1. The third-order valence-corrected chi connectivity index (χ3v) is 7.97. The maximum atomic E-state index is 14.2. The van der Waals surface area contributed by atoms with Crippen molar-refractivity contribution >= 4 is 12.2 Å². The number of nitrogens with zero attached hydrogens (tertiary/aromatic N) is 2. The van der Waals surface area contributed by atoms with Gasteiger partial charge in [-0.05, 0) is 70.0 Å². The molecule has 10 heteroatoms. The van der Waals surface area contributed by atoms with E-state index in [1.165, 1.54) is 6.07 Å². The molecule has 0 unspecified atom stereocenters. The molecule has 228 valence electrons. The van der Waals surface area contributed by atoms with Crippen LogP contribution in [-0.2, 0) is 21.6 Å². The molecule has 2 fully saturated rings. The summed E-state index contributed by atoms with van der Waals surface area (Å²) in [6, 6.07) is 16.3. The van der Waals surface area contributed by atoms with Crippen LogP contribution >= 0.6 is 0 Å². The van der Waals surface area contributed by atoms with E-state index in [2.05, 4.69) is 17.2 Å². The fourth-order valence-electron chi connectivity index (χ4n) is 5.47. The minimum absolute atomic E-state index is 0.0799. The molecule has 2 aliphatic rings. The van der Waals surface area contributed by atoms with Gasteiger partial charge < -0.3 is 24.4 Å². The summed E-state index contributed by atoms with van der Waals surface area (Å²) in [5.41, 5.74) is 0.363. The lowest BCUT2D eigenvalue weighted by molar-refractivity contribution is 0.0234. The third-order valence-electron chi connectivity index (χ3n) is 7.97. The molecule has 1 N–H and O–H groups in total. The van der Waals surface area contributed by atoms with Crippen molar-refractivity contribution in [1.82, 2.24) is 15.2 Å². The Morgan fingerprint density at radius 2 is 1.74 bits per heavy atom. The molecule has 1 saturated carbocycles. The molecule has 1 aliphatic carbocycles. The van der Waals surface area contributed by atoms with Crippen molar-refractivity contribution in [2.24, 2.45) is 11.3 Å². The number of ether oxygens (including phenoxy) is 3. The van der Waals surface area contributed by atoms with Gasteiger partial charge in [0.25, 0.3) is 0 Å². The standard InChI is InChI=1S/C33H37F2N3O5/c1-31(2,3)43-30(40)38-17-23-28(33(23,6)19-38)42-27-16-22(15-26(36-27)21-12-13-24(34)25(35)14-21)32(4,5)37-29(39)41-18-20-10-8-7-9-11-20/h7-16,23,28H,17-19H2,1-6H3,(H,37,39)/t23-,28-,33-/m0/s1. The number of piperidine rings is 1. The Morgan fingerprint density at radius 1 is 1.02 bits per heavy atom. The number of aromatic nitrogens is 1. The first-order chi connectivity index (χ1) is 20.1. The van der Waals surface area contributed by atoms with Crippen molar-refractivity contribution < 1.29 is 32.6 Å². The first kappa shape index (κ1) is 30.3. The zero-order chi connectivity index (χ0) is 31.2. The summed E-state index contributed by atoms with van der Waals surface area (Å²) in [5.74, 6) is -1.61. The van der Waals surface area contributed by atoms with Gasteiger partial charge in [0, 0.05) is 36.1 Å². The summed E-state index contributed by atoms with van der Waals surface area (Å²) in [7, 11) is 0. The Balaban J connectivity index is 1.35. The van der Waals surface area contributed by atoms with Gasteiger partial charge in [-0.3, -0.25) is 0 Å². The largest absolute Gasteiger partial charge is 0.473 e. The smallest absolute Gasteiger partial charge is 0.410 e. The van der Waals surface area contributed by atoms with Crippen LogP contribution in [0.1, 0.15) is 52.7 Å². The fraction of sp³-hybridized carbons (Fsp3) is 0.424. The molecule has 1 saturated heterocycles. The number of rotatable bonds is 7. The summed E-state index contributed by atoms with van der Waals surface area (Å²) in [5, 5.41) is 2.89. The van der Waals surface area contributed by atoms with Crippen LogP contribution < -0.4 is 10.1 Å². The van der Waals surface area contributed by atoms with E-state index < -0.39 is 28.9 Å². The van der Waals surface area contributed by atoms with Gasteiger partial charge in [0.15, 0.2) is 11.6 Å². The maximum absolute atomic E-state index is 14.2. The predicted octanol–water partition coefficient (Wildman–Crippen LogP) is 6.82. The number of fused-ring (bicyclic) bond motifs is 1. The lowest BCUT2D eigenvalue weighted by Gasteiger charge is -2.28. The number of pyridine rings is 1. The Morgan fingerprint density at radius 3 is 2.37 bits per heavy atom. The van der Waals surface area contributed by atoms with Crippen molar-refractivity contribution in [1.29, 1.82) is 0 Å². The molecule has 8 nitrogen and oxygen atoms in total. The van der Waals surface area contributed by atoms with Crippen molar-refractivity contribution in [3.05, 3.63) is 83.4 Å². The van der Waals surface area contributed by atoms with Gasteiger partial charge in [-0.2, -0.15) is 0 Å². The zero-order valence-electron chi connectivity index (χ0n) is 25.2. The summed E-state index contributed by atoms with van der Waals surface area (Å²) in [6.45, 7) is 12.2. The molecule has 43 heavy (non-hydrogen) atoms. The van der Waals surface area contributed by atoms with Gasteiger partial charge in [0.05, 0.1) is 11.2 Å². The molecule has 3 atom stereocenters. The van der Waals surface area contributed by atoms with Crippen LogP contribution in [0.2, 0.25) is 0 Å². The molecular weight excluding hydrogens is 556 g/mol. The summed E-state index contributed by atoms with van der Waals surface area (Å²) in [6.07, 6.45) is -1.18. The summed E-state index contributed by atoms with van der Waals surface area (Å²) in [4.78, 5) is 31.7. The zero-order valence-corrected chi connectivity index (χ0v) is 25.2. The van der Waals surface area contributed by atoms with Gasteiger partial charge in [0.1, 0.15) is 18.3 Å². The van der Waals surface area contributed by atoms with Crippen LogP contribution in [0.4, 0.5) is 18.4 Å². The fourth-order valence-corrected chi connectivity index (χ4v) is 5.47.